The molecule has 0 spiro atoms. The molecule has 106 valence electrons. The number of methoxy groups -OCH3 is 2. The van der Waals surface area contributed by atoms with Gasteiger partial charge >= 0.3 is 0 Å². The van der Waals surface area contributed by atoms with Gasteiger partial charge in [0.15, 0.2) is 0 Å². The van der Waals surface area contributed by atoms with Crippen LogP contribution in [0.4, 0.5) is 0 Å². The number of rotatable bonds is 7. The minimum atomic E-state index is 0.0979. The maximum atomic E-state index is 5.71. The summed E-state index contributed by atoms with van der Waals surface area (Å²) < 4.78 is 12.1. The number of hydrogen-bond donors (Lipinski definition) is 2. The molecule has 2 unspecified atom stereocenters. The molecule has 1 aromatic rings. The van der Waals surface area contributed by atoms with Crippen molar-refractivity contribution in [2.45, 2.75) is 31.4 Å². The van der Waals surface area contributed by atoms with Crippen molar-refractivity contribution in [2.24, 2.45) is 11.8 Å². The van der Waals surface area contributed by atoms with Gasteiger partial charge in [-0.2, -0.15) is 0 Å². The summed E-state index contributed by atoms with van der Waals surface area (Å²) in [6.45, 7) is 0. The first-order valence-corrected chi connectivity index (χ1v) is 7.30. The Balaban J connectivity index is 2.14. The third-order valence-electron chi connectivity index (χ3n) is 3.65. The van der Waals surface area contributed by atoms with Crippen molar-refractivity contribution >= 4 is 15.9 Å². The Labute approximate surface area is 122 Å². The van der Waals surface area contributed by atoms with E-state index in [0.29, 0.717) is 5.92 Å². The zero-order chi connectivity index (χ0) is 13.8. The maximum absolute atomic E-state index is 5.71. The number of ether oxygens (including phenoxy) is 2. The van der Waals surface area contributed by atoms with Crippen LogP contribution in [0.15, 0.2) is 22.7 Å². The van der Waals surface area contributed by atoms with Gasteiger partial charge in [-0.05, 0) is 48.9 Å². The number of benzene rings is 1. The Morgan fingerprint density at radius 2 is 2.16 bits per heavy atom. The normalized spacial score (nSPS) is 18.1. The van der Waals surface area contributed by atoms with Crippen LogP contribution in [-0.4, -0.2) is 26.4 Å². The summed E-state index contributed by atoms with van der Waals surface area (Å²) in [6, 6.07) is 6.11. The second kappa shape index (κ2) is 6.70. The van der Waals surface area contributed by atoms with Crippen molar-refractivity contribution in [3.8, 4) is 5.75 Å². The van der Waals surface area contributed by atoms with Gasteiger partial charge in [0.1, 0.15) is 5.75 Å². The molecule has 19 heavy (non-hydrogen) atoms. The summed E-state index contributed by atoms with van der Waals surface area (Å²) in [5, 5.41) is 0. The van der Waals surface area contributed by atoms with E-state index in [0.717, 1.165) is 22.2 Å². The predicted octanol–water partition coefficient (Wildman–Crippen LogP) is 2.26. The van der Waals surface area contributed by atoms with Crippen LogP contribution < -0.4 is 16.0 Å². The fourth-order valence-corrected chi connectivity index (χ4v) is 2.93. The van der Waals surface area contributed by atoms with Gasteiger partial charge in [-0.15, -0.1) is 0 Å². The Hall–Kier alpha value is -0.620. The fourth-order valence-electron chi connectivity index (χ4n) is 2.52. The van der Waals surface area contributed by atoms with E-state index >= 15 is 0 Å². The van der Waals surface area contributed by atoms with E-state index in [1.54, 1.807) is 14.2 Å². The molecule has 3 N–H and O–H groups in total. The van der Waals surface area contributed by atoms with Crippen LogP contribution in [0.3, 0.4) is 0 Å². The number of nitrogens with two attached hydrogens (primary N) is 1. The third kappa shape index (κ3) is 3.69. The Bertz CT molecular complexity index is 424. The quantitative estimate of drug-likeness (QED) is 0.595. The van der Waals surface area contributed by atoms with Crippen LogP contribution in [0.25, 0.3) is 0 Å². The van der Waals surface area contributed by atoms with E-state index in [4.69, 9.17) is 15.3 Å². The van der Waals surface area contributed by atoms with Crippen LogP contribution in [-0.2, 0) is 11.2 Å². The predicted molar refractivity (Wildman–Crippen MR) is 79.0 cm³/mol. The van der Waals surface area contributed by atoms with Gasteiger partial charge in [0.2, 0.25) is 0 Å². The van der Waals surface area contributed by atoms with Crippen molar-refractivity contribution in [1.82, 2.24) is 5.43 Å². The van der Waals surface area contributed by atoms with Crippen LogP contribution in [0.2, 0.25) is 0 Å². The Kier molecular flexibility index (Phi) is 5.21. The van der Waals surface area contributed by atoms with Crippen LogP contribution >= 0.6 is 15.9 Å². The van der Waals surface area contributed by atoms with Crippen molar-refractivity contribution in [1.29, 1.82) is 0 Å². The molecule has 1 aliphatic rings. The molecule has 2 atom stereocenters. The Morgan fingerprint density at radius 1 is 1.42 bits per heavy atom. The summed E-state index contributed by atoms with van der Waals surface area (Å²) >= 11 is 3.49. The molecule has 0 amide bonds. The van der Waals surface area contributed by atoms with E-state index in [1.807, 2.05) is 12.1 Å². The van der Waals surface area contributed by atoms with E-state index in [-0.39, 0.29) is 12.1 Å². The molecular weight excluding hydrogens is 308 g/mol. The van der Waals surface area contributed by atoms with Gasteiger partial charge in [-0.3, -0.25) is 11.3 Å². The highest BCUT2D eigenvalue weighted by atomic mass is 79.9. The first kappa shape index (κ1) is 14.8. The summed E-state index contributed by atoms with van der Waals surface area (Å²) in [5.74, 6) is 7.22. The molecule has 1 saturated carbocycles. The van der Waals surface area contributed by atoms with Crippen LogP contribution in [0.5, 0.6) is 5.75 Å². The molecule has 0 radical (unpaired) electrons. The third-order valence-corrected chi connectivity index (χ3v) is 4.14. The van der Waals surface area contributed by atoms with Gasteiger partial charge in [0, 0.05) is 11.6 Å². The van der Waals surface area contributed by atoms with Crippen molar-refractivity contribution in [2.75, 3.05) is 14.2 Å². The highest BCUT2D eigenvalue weighted by molar-refractivity contribution is 9.10. The largest absolute Gasteiger partial charge is 0.496 e. The summed E-state index contributed by atoms with van der Waals surface area (Å²) in [7, 11) is 3.44. The zero-order valence-electron chi connectivity index (χ0n) is 11.4. The SMILES string of the molecule is COc1ccc(Br)cc1CC(NN)C(OC)C1CC1. The molecule has 0 aromatic heterocycles. The molecule has 2 rings (SSSR count). The molecule has 5 heteroatoms. The van der Waals surface area contributed by atoms with Gasteiger partial charge < -0.3 is 9.47 Å². The smallest absolute Gasteiger partial charge is 0.122 e. The van der Waals surface area contributed by atoms with Crippen molar-refractivity contribution < 1.29 is 9.47 Å². The molecule has 0 aliphatic heterocycles. The first-order chi connectivity index (χ1) is 9.19. The van der Waals surface area contributed by atoms with E-state index in [9.17, 15) is 0 Å². The molecule has 0 bridgehead atoms. The highest BCUT2D eigenvalue weighted by Gasteiger charge is 2.36. The zero-order valence-corrected chi connectivity index (χ0v) is 12.9. The van der Waals surface area contributed by atoms with Gasteiger partial charge in [-0.1, -0.05) is 15.9 Å². The fraction of sp³-hybridized carbons (Fsp3) is 0.571. The lowest BCUT2D eigenvalue weighted by atomic mass is 9.98. The standard InChI is InChI=1S/C14H21BrN2O2/c1-18-13-6-5-11(15)7-10(13)8-12(17-16)14(19-2)9-3-4-9/h5-7,9,12,14,17H,3-4,8,16H2,1-2H3. The minimum Gasteiger partial charge on any atom is -0.496 e. The van der Waals surface area contributed by atoms with Gasteiger partial charge in [0.05, 0.1) is 19.3 Å². The van der Waals surface area contributed by atoms with E-state index in [1.165, 1.54) is 12.8 Å². The first-order valence-electron chi connectivity index (χ1n) is 6.51. The average Bonchev–Trinajstić information content (AvgIpc) is 3.23. The minimum absolute atomic E-state index is 0.0979. The van der Waals surface area contributed by atoms with Crippen molar-refractivity contribution in [3.05, 3.63) is 28.2 Å². The number of hydrogen-bond acceptors (Lipinski definition) is 4. The average molecular weight is 329 g/mol. The summed E-state index contributed by atoms with van der Waals surface area (Å²) in [5.41, 5.74) is 4.03. The summed E-state index contributed by atoms with van der Waals surface area (Å²) in [4.78, 5) is 0. The molecule has 0 heterocycles. The number of hydrazine groups is 1. The molecule has 1 aliphatic carbocycles. The molecule has 4 nitrogen and oxygen atoms in total. The lowest BCUT2D eigenvalue weighted by Crippen LogP contribution is -2.47. The van der Waals surface area contributed by atoms with Gasteiger partial charge in [-0.25, -0.2) is 0 Å². The second-order valence-electron chi connectivity index (χ2n) is 4.97. The maximum Gasteiger partial charge on any atom is 0.122 e. The lowest BCUT2D eigenvalue weighted by molar-refractivity contribution is 0.0509. The number of nitrogens with one attached hydrogen (secondary N) is 1. The summed E-state index contributed by atoms with van der Waals surface area (Å²) in [6.07, 6.45) is 3.40. The monoisotopic (exact) mass is 328 g/mol. The van der Waals surface area contributed by atoms with Gasteiger partial charge in [0.25, 0.3) is 0 Å². The van der Waals surface area contributed by atoms with Crippen LogP contribution in [0.1, 0.15) is 18.4 Å². The topological polar surface area (TPSA) is 56.5 Å². The van der Waals surface area contributed by atoms with Crippen molar-refractivity contribution in [3.63, 3.8) is 0 Å². The molecular formula is C14H21BrN2O2. The van der Waals surface area contributed by atoms with Crippen LogP contribution in [0, 0.1) is 5.92 Å². The molecule has 1 aromatic carbocycles. The molecule has 0 saturated heterocycles. The highest BCUT2D eigenvalue weighted by Crippen LogP contribution is 2.36. The van der Waals surface area contributed by atoms with E-state index < -0.39 is 0 Å². The molecule has 1 fully saturated rings. The Morgan fingerprint density at radius 3 is 2.68 bits per heavy atom. The lowest BCUT2D eigenvalue weighted by Gasteiger charge is -2.26. The van der Waals surface area contributed by atoms with E-state index in [2.05, 4.69) is 27.4 Å². The number of halogens is 1. The second-order valence-corrected chi connectivity index (χ2v) is 5.89.